The topological polar surface area (TPSA) is 86.8 Å². The second-order valence-corrected chi connectivity index (χ2v) is 12.4. The third-order valence-electron chi connectivity index (χ3n) is 6.91. The molecule has 1 unspecified atom stereocenters. The van der Waals surface area contributed by atoms with Gasteiger partial charge in [0.25, 0.3) is 0 Å². The van der Waals surface area contributed by atoms with Crippen LogP contribution in [0.2, 0.25) is 5.02 Å². The highest BCUT2D eigenvalue weighted by Gasteiger charge is 2.33. The number of carbonyl (C=O) groups excluding carboxylic acids is 2. The maximum Gasteiger partial charge on any atom is 0.244 e. The summed E-state index contributed by atoms with van der Waals surface area (Å²) >= 11 is 6.41. The van der Waals surface area contributed by atoms with E-state index >= 15 is 0 Å². The van der Waals surface area contributed by atoms with Gasteiger partial charge in [0.15, 0.2) is 0 Å². The van der Waals surface area contributed by atoms with E-state index in [2.05, 4.69) is 19.2 Å². The Bertz CT molecular complexity index is 1180. The van der Waals surface area contributed by atoms with Crippen LogP contribution < -0.4 is 9.62 Å². The summed E-state index contributed by atoms with van der Waals surface area (Å²) in [6, 6.07) is 13.7. The van der Waals surface area contributed by atoms with Crippen molar-refractivity contribution in [3.05, 3.63) is 64.7 Å². The molecule has 0 aliphatic heterocycles. The van der Waals surface area contributed by atoms with Gasteiger partial charge in [-0.15, -0.1) is 0 Å². The molecule has 1 N–H and O–H groups in total. The molecule has 2 amide bonds. The zero-order valence-electron chi connectivity index (χ0n) is 22.1. The van der Waals surface area contributed by atoms with E-state index in [4.69, 9.17) is 11.6 Å². The summed E-state index contributed by atoms with van der Waals surface area (Å²) in [5, 5.41) is 3.58. The number of halogens is 1. The molecule has 7 nitrogen and oxygen atoms in total. The molecular weight excluding hydrogens is 510 g/mol. The zero-order chi connectivity index (χ0) is 27.2. The number of rotatable bonds is 11. The van der Waals surface area contributed by atoms with Crippen LogP contribution in [-0.4, -0.2) is 50.0 Å². The average molecular weight is 548 g/mol. The minimum Gasteiger partial charge on any atom is -0.352 e. The Morgan fingerprint density at radius 1 is 1.05 bits per heavy atom. The van der Waals surface area contributed by atoms with E-state index in [0.717, 1.165) is 41.8 Å². The minimum atomic E-state index is -3.77. The molecule has 0 radical (unpaired) electrons. The third-order valence-corrected chi connectivity index (χ3v) is 8.42. The molecule has 1 saturated carbocycles. The fourth-order valence-electron chi connectivity index (χ4n) is 4.74. The number of anilines is 1. The third kappa shape index (κ3) is 7.71. The number of nitrogens with one attached hydrogen (secondary N) is 1. The Morgan fingerprint density at radius 2 is 1.68 bits per heavy atom. The Morgan fingerprint density at radius 3 is 2.22 bits per heavy atom. The zero-order valence-corrected chi connectivity index (χ0v) is 23.7. The molecule has 2 aromatic carbocycles. The highest BCUT2D eigenvalue weighted by atomic mass is 35.5. The van der Waals surface area contributed by atoms with Crippen molar-refractivity contribution in [3.63, 3.8) is 0 Å². The van der Waals surface area contributed by atoms with Gasteiger partial charge in [-0.05, 0) is 54.5 Å². The SMILES string of the molecule is CCC(C(=O)NC1CCCC1)N(Cc1ccccc1Cl)C(=O)CN(c1ccc(C(C)C)cc1)S(C)(=O)=O. The lowest BCUT2D eigenvalue weighted by atomic mass is 10.0. The summed E-state index contributed by atoms with van der Waals surface area (Å²) in [7, 11) is -3.77. The second-order valence-electron chi connectivity index (χ2n) is 10.0. The van der Waals surface area contributed by atoms with Crippen LogP contribution in [0.1, 0.15) is 69.9 Å². The Kier molecular flexibility index (Phi) is 10.0. The van der Waals surface area contributed by atoms with Gasteiger partial charge >= 0.3 is 0 Å². The van der Waals surface area contributed by atoms with Crippen LogP contribution in [0.3, 0.4) is 0 Å². The Labute approximate surface area is 226 Å². The smallest absolute Gasteiger partial charge is 0.244 e. The van der Waals surface area contributed by atoms with Gasteiger partial charge in [0.2, 0.25) is 21.8 Å². The van der Waals surface area contributed by atoms with E-state index in [1.165, 1.54) is 4.90 Å². The van der Waals surface area contributed by atoms with Crippen LogP contribution in [0, 0.1) is 0 Å². The molecule has 0 aromatic heterocycles. The van der Waals surface area contributed by atoms with E-state index < -0.39 is 28.5 Å². The minimum absolute atomic E-state index is 0.0962. The molecule has 0 spiro atoms. The number of hydrogen-bond donors (Lipinski definition) is 1. The van der Waals surface area contributed by atoms with Gasteiger partial charge in [0.05, 0.1) is 11.9 Å². The Hall–Kier alpha value is -2.58. The molecular formula is C28H38ClN3O4S. The van der Waals surface area contributed by atoms with Crippen LogP contribution >= 0.6 is 11.6 Å². The molecule has 3 rings (SSSR count). The first-order valence-electron chi connectivity index (χ1n) is 12.9. The summed E-state index contributed by atoms with van der Waals surface area (Å²) in [6.45, 7) is 5.64. The standard InChI is InChI=1S/C28H38ClN3O4S/c1-5-26(28(34)30-23-11-7-8-12-23)31(18-22-10-6-9-13-25(22)29)27(33)19-32(37(4,35)36)24-16-14-21(15-17-24)20(2)3/h6,9-10,13-17,20,23,26H,5,7-8,11-12,18-19H2,1-4H3,(H,30,34). The maximum atomic E-state index is 13.8. The van der Waals surface area contributed by atoms with Crippen molar-refractivity contribution in [2.45, 2.75) is 77.4 Å². The number of nitrogens with zero attached hydrogens (tertiary/aromatic N) is 2. The number of carbonyl (C=O) groups is 2. The molecule has 1 aliphatic rings. The average Bonchev–Trinajstić information content (AvgIpc) is 3.35. The van der Waals surface area contributed by atoms with Crippen molar-refractivity contribution in [2.24, 2.45) is 0 Å². The fraction of sp³-hybridized carbons (Fsp3) is 0.500. The van der Waals surface area contributed by atoms with Crippen LogP contribution in [0.25, 0.3) is 0 Å². The lowest BCUT2D eigenvalue weighted by molar-refractivity contribution is -0.140. The van der Waals surface area contributed by atoms with Crippen molar-refractivity contribution in [3.8, 4) is 0 Å². The largest absolute Gasteiger partial charge is 0.352 e. The highest BCUT2D eigenvalue weighted by molar-refractivity contribution is 7.92. The summed E-state index contributed by atoms with van der Waals surface area (Å²) in [4.78, 5) is 28.6. The normalized spacial score (nSPS) is 15.0. The van der Waals surface area contributed by atoms with E-state index in [0.29, 0.717) is 22.7 Å². The first-order valence-corrected chi connectivity index (χ1v) is 15.1. The summed E-state index contributed by atoms with van der Waals surface area (Å²) in [5.74, 6) is -0.397. The van der Waals surface area contributed by atoms with Crippen LogP contribution in [0.15, 0.2) is 48.5 Å². The van der Waals surface area contributed by atoms with Gasteiger partial charge in [0.1, 0.15) is 12.6 Å². The van der Waals surface area contributed by atoms with Crippen LogP contribution in [-0.2, 0) is 26.2 Å². The molecule has 9 heteroatoms. The number of benzene rings is 2. The van der Waals surface area contributed by atoms with Gasteiger partial charge in [-0.1, -0.05) is 75.5 Å². The van der Waals surface area contributed by atoms with Crippen LogP contribution in [0.5, 0.6) is 0 Å². The summed E-state index contributed by atoms with van der Waals surface area (Å²) < 4.78 is 26.7. The van der Waals surface area contributed by atoms with Gasteiger partial charge in [0, 0.05) is 17.6 Å². The molecule has 1 atom stereocenters. The van der Waals surface area contributed by atoms with Gasteiger partial charge in [-0.25, -0.2) is 8.42 Å². The molecule has 37 heavy (non-hydrogen) atoms. The molecule has 0 saturated heterocycles. The van der Waals surface area contributed by atoms with Crippen molar-refractivity contribution in [2.75, 3.05) is 17.1 Å². The quantitative estimate of drug-likeness (QED) is 0.424. The summed E-state index contributed by atoms with van der Waals surface area (Å²) in [5.41, 5.74) is 2.16. The highest BCUT2D eigenvalue weighted by Crippen LogP contribution is 2.25. The lowest BCUT2D eigenvalue weighted by Crippen LogP contribution is -2.53. The predicted octanol–water partition coefficient (Wildman–Crippen LogP) is 5.10. The van der Waals surface area contributed by atoms with Crippen LogP contribution in [0.4, 0.5) is 5.69 Å². The van der Waals surface area contributed by atoms with Crippen molar-refractivity contribution in [1.29, 1.82) is 0 Å². The number of sulfonamides is 1. The van der Waals surface area contributed by atoms with E-state index in [-0.39, 0.29) is 24.4 Å². The van der Waals surface area contributed by atoms with Gasteiger partial charge < -0.3 is 10.2 Å². The van der Waals surface area contributed by atoms with E-state index in [9.17, 15) is 18.0 Å². The van der Waals surface area contributed by atoms with Gasteiger partial charge in [-0.3, -0.25) is 13.9 Å². The molecule has 1 fully saturated rings. The van der Waals surface area contributed by atoms with Crippen molar-refractivity contribution >= 4 is 39.1 Å². The predicted molar refractivity (Wildman–Crippen MR) is 149 cm³/mol. The number of amides is 2. The van der Waals surface area contributed by atoms with Crippen molar-refractivity contribution in [1.82, 2.24) is 10.2 Å². The molecule has 2 aromatic rings. The maximum absolute atomic E-state index is 13.8. The molecule has 0 bridgehead atoms. The monoisotopic (exact) mass is 547 g/mol. The summed E-state index contributed by atoms with van der Waals surface area (Å²) in [6.07, 6.45) is 5.46. The fourth-order valence-corrected chi connectivity index (χ4v) is 5.78. The first kappa shape index (κ1) is 29.0. The number of hydrogen-bond acceptors (Lipinski definition) is 4. The molecule has 202 valence electrons. The van der Waals surface area contributed by atoms with Crippen molar-refractivity contribution < 1.29 is 18.0 Å². The Balaban J connectivity index is 1.92. The van der Waals surface area contributed by atoms with E-state index in [1.807, 2.05) is 31.2 Å². The van der Waals surface area contributed by atoms with E-state index in [1.54, 1.807) is 24.3 Å². The van der Waals surface area contributed by atoms with Gasteiger partial charge in [-0.2, -0.15) is 0 Å². The first-order chi connectivity index (χ1) is 17.5. The molecule has 0 heterocycles. The molecule has 1 aliphatic carbocycles. The lowest BCUT2D eigenvalue weighted by Gasteiger charge is -2.33. The second kappa shape index (κ2) is 12.8.